The summed E-state index contributed by atoms with van der Waals surface area (Å²) in [5, 5.41) is 9.82. The molecule has 38 heavy (non-hydrogen) atoms. The molecule has 0 bridgehead atoms. The van der Waals surface area contributed by atoms with E-state index in [1.54, 1.807) is 0 Å². The second-order valence-electron chi connectivity index (χ2n) is 10.5. The number of nitrogens with zero attached hydrogens (tertiary/aromatic N) is 5. The van der Waals surface area contributed by atoms with E-state index < -0.39 is 0 Å². The van der Waals surface area contributed by atoms with E-state index in [9.17, 15) is 5.26 Å². The Labute approximate surface area is 222 Å². The van der Waals surface area contributed by atoms with Gasteiger partial charge in [-0.1, -0.05) is 25.2 Å². The van der Waals surface area contributed by atoms with Crippen molar-refractivity contribution >= 4 is 16.7 Å². The van der Waals surface area contributed by atoms with Crippen molar-refractivity contribution in [2.24, 2.45) is 5.41 Å². The number of fused-ring (bicyclic) bond motifs is 1. The first kappa shape index (κ1) is 24.7. The third kappa shape index (κ3) is 5.20. The molecule has 1 aliphatic carbocycles. The average Bonchev–Trinajstić information content (AvgIpc) is 3.39. The molecule has 3 aliphatic rings. The molecular weight excluding hydrogens is 480 g/mol. The Morgan fingerprint density at radius 2 is 1.97 bits per heavy atom. The van der Waals surface area contributed by atoms with E-state index in [0.29, 0.717) is 41.4 Å². The molecule has 2 aromatic heterocycles. The number of ether oxygens (including phenoxy) is 3. The van der Waals surface area contributed by atoms with Crippen molar-refractivity contribution in [3.8, 4) is 23.1 Å². The molecule has 0 saturated carbocycles. The zero-order chi connectivity index (χ0) is 26.0. The van der Waals surface area contributed by atoms with Gasteiger partial charge in [-0.05, 0) is 24.6 Å². The Hall–Kier alpha value is -3.58. The van der Waals surface area contributed by atoms with Crippen LogP contribution in [0.5, 0.6) is 5.75 Å². The number of rotatable bonds is 6. The van der Waals surface area contributed by atoms with E-state index in [1.807, 2.05) is 18.2 Å². The van der Waals surface area contributed by atoms with Gasteiger partial charge in [0.2, 0.25) is 0 Å². The number of nitriles is 1. The van der Waals surface area contributed by atoms with Gasteiger partial charge < -0.3 is 19.2 Å². The van der Waals surface area contributed by atoms with Crippen LogP contribution in [-0.4, -0.2) is 77.0 Å². The highest BCUT2D eigenvalue weighted by Crippen LogP contribution is 2.35. The number of aromatic nitrogens is 4. The summed E-state index contributed by atoms with van der Waals surface area (Å²) in [6.07, 6.45) is 10.9. The summed E-state index contributed by atoms with van der Waals surface area (Å²) in [6.45, 7) is 8.28. The molecule has 9 heteroatoms. The van der Waals surface area contributed by atoms with Crippen LogP contribution in [-0.2, 0) is 9.47 Å². The Balaban J connectivity index is 1.23. The molecule has 196 valence electrons. The molecular formula is C29H32N6O3. The van der Waals surface area contributed by atoms with Crippen molar-refractivity contribution in [3.05, 3.63) is 54.1 Å². The van der Waals surface area contributed by atoms with Gasteiger partial charge in [-0.15, -0.1) is 0 Å². The Morgan fingerprint density at radius 3 is 2.74 bits per heavy atom. The minimum atomic E-state index is 0.0638. The Kier molecular flexibility index (Phi) is 6.94. The molecule has 1 atom stereocenters. The summed E-state index contributed by atoms with van der Waals surface area (Å²) >= 11 is 0. The number of imidazole rings is 1. The van der Waals surface area contributed by atoms with Gasteiger partial charge in [-0.2, -0.15) is 5.26 Å². The summed E-state index contributed by atoms with van der Waals surface area (Å²) in [7, 11) is 0. The normalized spacial score (nSPS) is 22.8. The highest BCUT2D eigenvalue weighted by Gasteiger charge is 2.27. The first-order chi connectivity index (χ1) is 18.6. The Morgan fingerprint density at radius 1 is 1.16 bits per heavy atom. The highest BCUT2D eigenvalue weighted by molar-refractivity contribution is 5.89. The zero-order valence-corrected chi connectivity index (χ0v) is 21.7. The molecule has 9 nitrogen and oxygen atoms in total. The maximum atomic E-state index is 9.82. The smallest absolute Gasteiger partial charge is 0.161 e. The lowest BCUT2D eigenvalue weighted by Crippen LogP contribution is -2.42. The summed E-state index contributed by atoms with van der Waals surface area (Å²) in [5.41, 5.74) is 4.45. The van der Waals surface area contributed by atoms with Gasteiger partial charge in [0.25, 0.3) is 0 Å². The van der Waals surface area contributed by atoms with Crippen LogP contribution in [0.2, 0.25) is 0 Å². The number of hydrogen-bond acceptors (Lipinski definition) is 8. The summed E-state index contributed by atoms with van der Waals surface area (Å²) in [6, 6.07) is 7.89. The van der Waals surface area contributed by atoms with Crippen LogP contribution < -0.4 is 4.74 Å². The predicted octanol–water partition coefficient (Wildman–Crippen LogP) is 4.13. The van der Waals surface area contributed by atoms with E-state index in [2.05, 4.69) is 51.1 Å². The van der Waals surface area contributed by atoms with Crippen molar-refractivity contribution in [2.45, 2.75) is 32.3 Å². The quantitative estimate of drug-likeness (QED) is 0.525. The summed E-state index contributed by atoms with van der Waals surface area (Å²) in [4.78, 5) is 19.7. The van der Waals surface area contributed by atoms with Crippen LogP contribution in [0, 0.1) is 16.7 Å². The van der Waals surface area contributed by atoms with E-state index in [0.717, 1.165) is 69.1 Å². The van der Waals surface area contributed by atoms with Crippen LogP contribution >= 0.6 is 0 Å². The van der Waals surface area contributed by atoms with Gasteiger partial charge >= 0.3 is 0 Å². The fraction of sp³-hybridized carbons (Fsp3) is 0.448. The second-order valence-corrected chi connectivity index (χ2v) is 10.5. The lowest BCUT2D eigenvalue weighted by atomic mass is 9.81. The van der Waals surface area contributed by atoms with Crippen molar-refractivity contribution in [1.29, 1.82) is 5.26 Å². The molecule has 1 aromatic carbocycles. The zero-order valence-electron chi connectivity index (χ0n) is 21.7. The summed E-state index contributed by atoms with van der Waals surface area (Å²) < 4.78 is 17.0. The molecule has 6 rings (SSSR count). The molecule has 2 saturated heterocycles. The largest absolute Gasteiger partial charge is 0.489 e. The third-order valence-electron chi connectivity index (χ3n) is 7.53. The lowest BCUT2D eigenvalue weighted by molar-refractivity contribution is 0.0250. The molecule has 0 radical (unpaired) electrons. The Bertz CT molecular complexity index is 1410. The van der Waals surface area contributed by atoms with Gasteiger partial charge in [0.05, 0.1) is 32.0 Å². The van der Waals surface area contributed by atoms with Crippen LogP contribution in [0.1, 0.15) is 37.6 Å². The number of morpholine rings is 1. The van der Waals surface area contributed by atoms with E-state index in [1.165, 1.54) is 6.33 Å². The second kappa shape index (κ2) is 10.7. The van der Waals surface area contributed by atoms with Crippen molar-refractivity contribution < 1.29 is 14.2 Å². The van der Waals surface area contributed by atoms with E-state index >= 15 is 0 Å². The number of hydrogen-bond donors (Lipinski definition) is 1. The predicted molar refractivity (Wildman–Crippen MR) is 143 cm³/mol. The molecule has 1 unspecified atom stereocenters. The first-order valence-electron chi connectivity index (χ1n) is 13.3. The fourth-order valence-electron chi connectivity index (χ4n) is 5.35. The molecule has 4 heterocycles. The third-order valence-corrected chi connectivity index (χ3v) is 7.53. The first-order valence-corrected chi connectivity index (χ1v) is 13.3. The minimum absolute atomic E-state index is 0.0638. The standard InChI is InChI=1S/C29H32N6O3/c1-29(18-35-10-14-37-15-11-35)8-4-20(5-9-29)27-33-26-25(31-19-32-28(26)34-27)21-2-3-24(22(16-21)17-30)38-23-6-12-36-13-7-23/h2-5,8,16,19,23H,6-7,9-15,18H2,1H3,(H,31,32,33,34). The maximum absolute atomic E-state index is 9.82. The minimum Gasteiger partial charge on any atom is -0.489 e. The average molecular weight is 513 g/mol. The molecule has 2 fully saturated rings. The van der Waals surface area contributed by atoms with Crippen LogP contribution in [0.25, 0.3) is 28.0 Å². The number of aromatic amines is 1. The fourth-order valence-corrected chi connectivity index (χ4v) is 5.35. The molecule has 0 spiro atoms. The van der Waals surface area contributed by atoms with Crippen molar-refractivity contribution in [3.63, 3.8) is 0 Å². The van der Waals surface area contributed by atoms with Gasteiger partial charge in [0, 0.05) is 49.0 Å². The topological polar surface area (TPSA) is 109 Å². The number of H-pyrrole nitrogens is 1. The number of benzene rings is 1. The molecule has 1 N–H and O–H groups in total. The summed E-state index contributed by atoms with van der Waals surface area (Å²) in [5.74, 6) is 1.36. The van der Waals surface area contributed by atoms with Crippen molar-refractivity contribution in [2.75, 3.05) is 46.1 Å². The lowest BCUT2D eigenvalue weighted by Gasteiger charge is -2.36. The van der Waals surface area contributed by atoms with Gasteiger partial charge in [0.15, 0.2) is 5.65 Å². The van der Waals surface area contributed by atoms with Gasteiger partial charge in [0.1, 0.15) is 41.3 Å². The molecule has 0 amide bonds. The van der Waals surface area contributed by atoms with Crippen LogP contribution in [0.15, 0.2) is 42.8 Å². The number of nitrogens with one attached hydrogen (secondary N) is 1. The van der Waals surface area contributed by atoms with Crippen molar-refractivity contribution in [1.82, 2.24) is 24.8 Å². The SMILES string of the molecule is CC1(CN2CCOCC2)C=CC(c2nc3c(-c4ccc(OC5CCOCC5)c(C#N)c4)ncnc3[nH]2)=CC1. The monoisotopic (exact) mass is 512 g/mol. The van der Waals surface area contributed by atoms with Crippen LogP contribution in [0.3, 0.4) is 0 Å². The van der Waals surface area contributed by atoms with E-state index in [-0.39, 0.29) is 11.5 Å². The highest BCUT2D eigenvalue weighted by atomic mass is 16.5. The van der Waals surface area contributed by atoms with Gasteiger partial charge in [-0.3, -0.25) is 4.90 Å². The number of allylic oxidation sites excluding steroid dienone is 3. The molecule has 2 aliphatic heterocycles. The van der Waals surface area contributed by atoms with E-state index in [4.69, 9.17) is 19.2 Å². The maximum Gasteiger partial charge on any atom is 0.161 e. The van der Waals surface area contributed by atoms with Crippen LogP contribution in [0.4, 0.5) is 0 Å². The molecule has 3 aromatic rings. The van der Waals surface area contributed by atoms with Gasteiger partial charge in [-0.25, -0.2) is 15.0 Å².